The van der Waals surface area contributed by atoms with E-state index >= 15 is 0 Å². The molecule has 2 rings (SSSR count). The minimum atomic E-state index is -0.147. The Balaban J connectivity index is 1.82. The van der Waals surface area contributed by atoms with Gasteiger partial charge in [0.25, 0.3) is 0 Å². The van der Waals surface area contributed by atoms with Gasteiger partial charge in [-0.05, 0) is 61.7 Å². The van der Waals surface area contributed by atoms with Crippen LogP contribution in [0.5, 0.6) is 5.75 Å². The van der Waals surface area contributed by atoms with Crippen molar-refractivity contribution in [2.24, 2.45) is 0 Å². The van der Waals surface area contributed by atoms with Crippen LogP contribution in [0.25, 0.3) is 0 Å². The number of ether oxygens (including phenoxy) is 1. The standard InChI is InChI=1S/C20H23ClN2O3/c1-13-12-16(9-10-17(13)21)26-11-5-8-20(25)23-19-7-4-6-18(14(19)2)22-15(3)24/h4,6-7,9-10,12H,5,8,11H2,1-3H3,(H,22,24)(H,23,25). The molecule has 0 fully saturated rings. The number of hydrogen-bond donors (Lipinski definition) is 2. The van der Waals surface area contributed by atoms with Gasteiger partial charge in [0, 0.05) is 29.7 Å². The smallest absolute Gasteiger partial charge is 0.224 e. The Labute approximate surface area is 158 Å². The summed E-state index contributed by atoms with van der Waals surface area (Å²) >= 11 is 5.98. The summed E-state index contributed by atoms with van der Waals surface area (Å²) < 4.78 is 5.64. The van der Waals surface area contributed by atoms with E-state index in [0.29, 0.717) is 35.8 Å². The van der Waals surface area contributed by atoms with Crippen LogP contribution in [-0.2, 0) is 9.59 Å². The number of amides is 2. The lowest BCUT2D eigenvalue weighted by Gasteiger charge is -2.13. The van der Waals surface area contributed by atoms with Gasteiger partial charge < -0.3 is 15.4 Å². The molecule has 26 heavy (non-hydrogen) atoms. The van der Waals surface area contributed by atoms with Gasteiger partial charge >= 0.3 is 0 Å². The highest BCUT2D eigenvalue weighted by Gasteiger charge is 2.09. The number of carbonyl (C=O) groups excluding carboxylic acids is 2. The molecular formula is C20H23ClN2O3. The van der Waals surface area contributed by atoms with Gasteiger partial charge in [-0.2, -0.15) is 0 Å². The van der Waals surface area contributed by atoms with Crippen molar-refractivity contribution in [1.82, 2.24) is 0 Å². The minimum Gasteiger partial charge on any atom is -0.494 e. The molecule has 0 aliphatic heterocycles. The number of rotatable bonds is 7. The molecule has 0 aliphatic rings. The lowest BCUT2D eigenvalue weighted by atomic mass is 10.1. The topological polar surface area (TPSA) is 67.4 Å². The molecule has 0 aliphatic carbocycles. The summed E-state index contributed by atoms with van der Waals surface area (Å²) in [6.45, 7) is 5.67. The largest absolute Gasteiger partial charge is 0.494 e. The lowest BCUT2D eigenvalue weighted by Crippen LogP contribution is -2.15. The maximum atomic E-state index is 12.1. The third kappa shape index (κ3) is 5.77. The van der Waals surface area contributed by atoms with Crippen LogP contribution in [0.4, 0.5) is 11.4 Å². The first kappa shape index (κ1) is 19.8. The fourth-order valence-electron chi connectivity index (χ4n) is 2.44. The van der Waals surface area contributed by atoms with Crippen LogP contribution in [0, 0.1) is 13.8 Å². The Morgan fingerprint density at radius 3 is 2.42 bits per heavy atom. The van der Waals surface area contributed by atoms with Crippen LogP contribution in [-0.4, -0.2) is 18.4 Å². The van der Waals surface area contributed by atoms with Crippen molar-refractivity contribution in [3.05, 3.63) is 52.5 Å². The average Bonchev–Trinajstić information content (AvgIpc) is 2.58. The first-order valence-corrected chi connectivity index (χ1v) is 8.80. The predicted octanol–water partition coefficient (Wildman–Crippen LogP) is 4.71. The number of nitrogens with one attached hydrogen (secondary N) is 2. The van der Waals surface area contributed by atoms with Crippen molar-refractivity contribution in [3.63, 3.8) is 0 Å². The first-order chi connectivity index (χ1) is 12.4. The van der Waals surface area contributed by atoms with Crippen LogP contribution < -0.4 is 15.4 Å². The molecule has 2 aromatic rings. The Hall–Kier alpha value is -2.53. The fourth-order valence-corrected chi connectivity index (χ4v) is 2.56. The van der Waals surface area contributed by atoms with Crippen molar-refractivity contribution in [2.75, 3.05) is 17.2 Å². The van der Waals surface area contributed by atoms with E-state index in [1.54, 1.807) is 18.2 Å². The van der Waals surface area contributed by atoms with Crippen molar-refractivity contribution in [3.8, 4) is 5.75 Å². The van der Waals surface area contributed by atoms with Crippen molar-refractivity contribution < 1.29 is 14.3 Å². The van der Waals surface area contributed by atoms with Crippen LogP contribution in [0.2, 0.25) is 5.02 Å². The molecule has 0 saturated heterocycles. The molecule has 0 atom stereocenters. The Kier molecular flexibility index (Phi) is 7.04. The summed E-state index contributed by atoms with van der Waals surface area (Å²) in [4.78, 5) is 23.3. The number of halogens is 1. The Bertz CT molecular complexity index is 806. The van der Waals surface area contributed by atoms with Crippen molar-refractivity contribution >= 4 is 34.8 Å². The van der Waals surface area contributed by atoms with E-state index in [-0.39, 0.29) is 11.8 Å². The molecule has 2 amide bonds. The summed E-state index contributed by atoms with van der Waals surface area (Å²) in [6, 6.07) is 10.9. The van der Waals surface area contributed by atoms with Gasteiger partial charge in [-0.3, -0.25) is 9.59 Å². The van der Waals surface area contributed by atoms with Crippen LogP contribution in [0.15, 0.2) is 36.4 Å². The average molecular weight is 375 g/mol. The number of benzene rings is 2. The number of anilines is 2. The second kappa shape index (κ2) is 9.25. The summed E-state index contributed by atoms with van der Waals surface area (Å²) in [5.74, 6) is 0.501. The maximum Gasteiger partial charge on any atom is 0.224 e. The molecule has 6 heteroatoms. The summed E-state index contributed by atoms with van der Waals surface area (Å²) in [5, 5.41) is 6.32. The third-order valence-electron chi connectivity index (χ3n) is 3.86. The lowest BCUT2D eigenvalue weighted by molar-refractivity contribution is -0.116. The molecule has 0 spiro atoms. The molecule has 5 nitrogen and oxygen atoms in total. The summed E-state index contributed by atoms with van der Waals surface area (Å²) in [7, 11) is 0. The highest BCUT2D eigenvalue weighted by molar-refractivity contribution is 6.31. The summed E-state index contributed by atoms with van der Waals surface area (Å²) in [5.41, 5.74) is 3.16. The minimum absolute atomic E-state index is 0.0936. The Morgan fingerprint density at radius 2 is 1.77 bits per heavy atom. The second-order valence-electron chi connectivity index (χ2n) is 6.07. The zero-order valence-corrected chi connectivity index (χ0v) is 15.9. The van der Waals surface area contributed by atoms with Gasteiger partial charge in [0.1, 0.15) is 5.75 Å². The first-order valence-electron chi connectivity index (χ1n) is 8.43. The van der Waals surface area contributed by atoms with E-state index in [4.69, 9.17) is 16.3 Å². The van der Waals surface area contributed by atoms with Gasteiger partial charge in [0.15, 0.2) is 0 Å². The number of aryl methyl sites for hydroxylation is 1. The second-order valence-corrected chi connectivity index (χ2v) is 6.48. The van der Waals surface area contributed by atoms with E-state index < -0.39 is 0 Å². The SMILES string of the molecule is CC(=O)Nc1cccc(NC(=O)CCCOc2ccc(Cl)c(C)c2)c1C. The molecule has 0 unspecified atom stereocenters. The van der Waals surface area contributed by atoms with Crippen molar-refractivity contribution in [1.29, 1.82) is 0 Å². The van der Waals surface area contributed by atoms with Gasteiger partial charge in [-0.1, -0.05) is 17.7 Å². The van der Waals surface area contributed by atoms with Gasteiger partial charge in [0.2, 0.25) is 11.8 Å². The maximum absolute atomic E-state index is 12.1. The van der Waals surface area contributed by atoms with Crippen LogP contribution in [0.3, 0.4) is 0 Å². The van der Waals surface area contributed by atoms with Gasteiger partial charge in [-0.25, -0.2) is 0 Å². The molecule has 0 saturated carbocycles. The van der Waals surface area contributed by atoms with Gasteiger partial charge in [-0.15, -0.1) is 0 Å². The number of carbonyl (C=O) groups is 2. The molecule has 0 heterocycles. The molecular weight excluding hydrogens is 352 g/mol. The molecule has 2 aromatic carbocycles. The monoisotopic (exact) mass is 374 g/mol. The van der Waals surface area contributed by atoms with E-state index in [9.17, 15) is 9.59 Å². The zero-order chi connectivity index (χ0) is 19.1. The van der Waals surface area contributed by atoms with Gasteiger partial charge in [0.05, 0.1) is 6.61 Å². The van der Waals surface area contributed by atoms with E-state index in [0.717, 1.165) is 16.9 Å². The Morgan fingerprint density at radius 1 is 1.08 bits per heavy atom. The van der Waals surface area contributed by atoms with E-state index in [1.165, 1.54) is 6.92 Å². The molecule has 0 aromatic heterocycles. The van der Waals surface area contributed by atoms with E-state index in [2.05, 4.69) is 10.6 Å². The molecule has 0 radical (unpaired) electrons. The quantitative estimate of drug-likeness (QED) is 0.689. The predicted molar refractivity (Wildman–Crippen MR) is 105 cm³/mol. The van der Waals surface area contributed by atoms with E-state index in [1.807, 2.05) is 32.0 Å². The van der Waals surface area contributed by atoms with Crippen molar-refractivity contribution in [2.45, 2.75) is 33.6 Å². The highest BCUT2D eigenvalue weighted by atomic mass is 35.5. The van der Waals surface area contributed by atoms with Crippen LogP contribution >= 0.6 is 11.6 Å². The molecule has 138 valence electrons. The molecule has 0 bridgehead atoms. The summed E-state index contributed by atoms with van der Waals surface area (Å²) in [6.07, 6.45) is 0.939. The third-order valence-corrected chi connectivity index (χ3v) is 4.29. The number of hydrogen-bond acceptors (Lipinski definition) is 3. The van der Waals surface area contributed by atoms with Crippen LogP contribution in [0.1, 0.15) is 30.9 Å². The highest BCUT2D eigenvalue weighted by Crippen LogP contribution is 2.24. The fraction of sp³-hybridized carbons (Fsp3) is 0.300. The normalized spacial score (nSPS) is 10.3. The molecule has 2 N–H and O–H groups in total. The zero-order valence-electron chi connectivity index (χ0n) is 15.2.